The lowest BCUT2D eigenvalue weighted by Gasteiger charge is -2.08. The molecule has 1 rings (SSSR count). The topological polar surface area (TPSA) is 70.2 Å². The van der Waals surface area contributed by atoms with Crippen molar-refractivity contribution in [3.63, 3.8) is 0 Å². The molecule has 5 nitrogen and oxygen atoms in total. The average Bonchev–Trinajstić information content (AvgIpc) is 2.56. The SMILES string of the molecule is CCCCCCCNC(=O)CNc1ccc(C(=O)NC)cc1. The molecule has 0 atom stereocenters. The van der Waals surface area contributed by atoms with Crippen molar-refractivity contribution in [1.82, 2.24) is 10.6 Å². The smallest absolute Gasteiger partial charge is 0.251 e. The van der Waals surface area contributed by atoms with Crippen LogP contribution in [0.25, 0.3) is 0 Å². The predicted octanol–water partition coefficient (Wildman–Crippen LogP) is 2.54. The summed E-state index contributed by atoms with van der Waals surface area (Å²) in [4.78, 5) is 23.1. The standard InChI is InChI=1S/C17H27N3O2/c1-3-4-5-6-7-12-19-16(21)13-20-15-10-8-14(9-11-15)17(22)18-2/h8-11,20H,3-7,12-13H2,1-2H3,(H,18,22)(H,19,21). The molecule has 0 saturated carbocycles. The highest BCUT2D eigenvalue weighted by Crippen LogP contribution is 2.09. The van der Waals surface area contributed by atoms with Crippen LogP contribution in [0.4, 0.5) is 5.69 Å². The third-order valence-electron chi connectivity index (χ3n) is 3.43. The van der Waals surface area contributed by atoms with Gasteiger partial charge in [-0.3, -0.25) is 9.59 Å². The molecule has 0 aliphatic rings. The Labute approximate surface area is 132 Å². The van der Waals surface area contributed by atoms with Crippen molar-refractivity contribution in [2.45, 2.75) is 39.0 Å². The molecule has 0 spiro atoms. The summed E-state index contributed by atoms with van der Waals surface area (Å²) in [5.74, 6) is -0.127. The van der Waals surface area contributed by atoms with Gasteiger partial charge in [0.1, 0.15) is 0 Å². The van der Waals surface area contributed by atoms with E-state index >= 15 is 0 Å². The van der Waals surface area contributed by atoms with Crippen LogP contribution >= 0.6 is 0 Å². The molecule has 0 radical (unpaired) electrons. The highest BCUT2D eigenvalue weighted by molar-refractivity contribution is 5.94. The van der Waals surface area contributed by atoms with Gasteiger partial charge in [0, 0.05) is 24.8 Å². The number of hydrogen-bond donors (Lipinski definition) is 3. The molecule has 2 amide bonds. The molecular weight excluding hydrogens is 278 g/mol. The van der Waals surface area contributed by atoms with Crippen LogP contribution in [0.1, 0.15) is 49.4 Å². The third kappa shape index (κ3) is 7.11. The fourth-order valence-corrected chi connectivity index (χ4v) is 2.08. The number of carbonyl (C=O) groups excluding carboxylic acids is 2. The molecule has 3 N–H and O–H groups in total. The Morgan fingerprint density at radius 2 is 1.68 bits per heavy atom. The van der Waals surface area contributed by atoms with Crippen molar-refractivity contribution in [3.05, 3.63) is 29.8 Å². The van der Waals surface area contributed by atoms with Gasteiger partial charge in [-0.15, -0.1) is 0 Å². The minimum absolute atomic E-state index is 0.00845. The minimum atomic E-state index is -0.118. The lowest BCUT2D eigenvalue weighted by Crippen LogP contribution is -2.30. The summed E-state index contributed by atoms with van der Waals surface area (Å²) >= 11 is 0. The third-order valence-corrected chi connectivity index (χ3v) is 3.43. The van der Waals surface area contributed by atoms with Gasteiger partial charge in [0.2, 0.25) is 5.91 Å². The van der Waals surface area contributed by atoms with E-state index in [4.69, 9.17) is 0 Å². The normalized spacial score (nSPS) is 10.1. The van der Waals surface area contributed by atoms with Crippen molar-refractivity contribution in [2.24, 2.45) is 0 Å². The minimum Gasteiger partial charge on any atom is -0.376 e. The van der Waals surface area contributed by atoms with E-state index in [9.17, 15) is 9.59 Å². The number of rotatable bonds is 10. The summed E-state index contributed by atoms with van der Waals surface area (Å²) < 4.78 is 0. The Kier molecular flexibility index (Phi) is 8.72. The first-order valence-electron chi connectivity index (χ1n) is 8.00. The fraction of sp³-hybridized carbons (Fsp3) is 0.529. The molecule has 1 aromatic carbocycles. The van der Waals surface area contributed by atoms with Crippen LogP contribution in [-0.4, -0.2) is 32.0 Å². The van der Waals surface area contributed by atoms with Crippen LogP contribution < -0.4 is 16.0 Å². The molecular formula is C17H27N3O2. The van der Waals surface area contributed by atoms with Crippen molar-refractivity contribution in [3.8, 4) is 0 Å². The van der Waals surface area contributed by atoms with Gasteiger partial charge in [0.25, 0.3) is 5.91 Å². The lowest BCUT2D eigenvalue weighted by atomic mass is 10.1. The molecule has 0 unspecified atom stereocenters. The number of amides is 2. The first-order valence-corrected chi connectivity index (χ1v) is 8.00. The van der Waals surface area contributed by atoms with Gasteiger partial charge >= 0.3 is 0 Å². The average molecular weight is 305 g/mol. The molecule has 122 valence electrons. The van der Waals surface area contributed by atoms with Gasteiger partial charge < -0.3 is 16.0 Å². The summed E-state index contributed by atoms with van der Waals surface area (Å²) in [5, 5.41) is 8.52. The van der Waals surface area contributed by atoms with Crippen LogP contribution in [0.15, 0.2) is 24.3 Å². The van der Waals surface area contributed by atoms with E-state index < -0.39 is 0 Å². The van der Waals surface area contributed by atoms with Crippen LogP contribution in [0.2, 0.25) is 0 Å². The number of hydrogen-bond acceptors (Lipinski definition) is 3. The van der Waals surface area contributed by atoms with Crippen LogP contribution in [0.5, 0.6) is 0 Å². The molecule has 0 saturated heterocycles. The van der Waals surface area contributed by atoms with Crippen LogP contribution in [0.3, 0.4) is 0 Å². The Balaban J connectivity index is 2.19. The van der Waals surface area contributed by atoms with E-state index in [0.717, 1.165) is 18.7 Å². The quantitative estimate of drug-likeness (QED) is 0.582. The van der Waals surface area contributed by atoms with E-state index in [2.05, 4.69) is 22.9 Å². The molecule has 0 aromatic heterocycles. The van der Waals surface area contributed by atoms with Gasteiger partial charge in [-0.25, -0.2) is 0 Å². The van der Waals surface area contributed by atoms with Gasteiger partial charge in [0.15, 0.2) is 0 Å². The Morgan fingerprint density at radius 3 is 2.32 bits per heavy atom. The Morgan fingerprint density at radius 1 is 1.00 bits per heavy atom. The second-order valence-electron chi connectivity index (χ2n) is 5.27. The maximum Gasteiger partial charge on any atom is 0.251 e. The zero-order chi connectivity index (χ0) is 16.2. The van der Waals surface area contributed by atoms with Gasteiger partial charge in [0.05, 0.1) is 6.54 Å². The number of anilines is 1. The Hall–Kier alpha value is -2.04. The van der Waals surface area contributed by atoms with Crippen molar-refractivity contribution >= 4 is 17.5 Å². The molecule has 5 heteroatoms. The fourth-order valence-electron chi connectivity index (χ4n) is 2.08. The highest BCUT2D eigenvalue weighted by atomic mass is 16.2. The van der Waals surface area contributed by atoms with E-state index in [-0.39, 0.29) is 18.4 Å². The summed E-state index contributed by atoms with van der Waals surface area (Å²) in [6.07, 6.45) is 5.94. The zero-order valence-corrected chi connectivity index (χ0v) is 13.6. The predicted molar refractivity (Wildman–Crippen MR) is 90.1 cm³/mol. The number of carbonyl (C=O) groups is 2. The summed E-state index contributed by atoms with van der Waals surface area (Å²) in [6, 6.07) is 7.05. The molecule has 0 bridgehead atoms. The summed E-state index contributed by atoms with van der Waals surface area (Å²) in [6.45, 7) is 3.17. The lowest BCUT2D eigenvalue weighted by molar-refractivity contribution is -0.119. The van der Waals surface area contributed by atoms with Gasteiger partial charge in [-0.05, 0) is 30.7 Å². The second kappa shape index (κ2) is 10.7. The van der Waals surface area contributed by atoms with Crippen LogP contribution in [-0.2, 0) is 4.79 Å². The molecule has 0 aliphatic heterocycles. The zero-order valence-electron chi connectivity index (χ0n) is 13.6. The van der Waals surface area contributed by atoms with Crippen molar-refractivity contribution in [2.75, 3.05) is 25.5 Å². The maximum atomic E-state index is 11.7. The monoisotopic (exact) mass is 305 g/mol. The van der Waals surface area contributed by atoms with E-state index in [1.807, 2.05) is 0 Å². The van der Waals surface area contributed by atoms with Crippen LogP contribution in [0, 0.1) is 0 Å². The molecule has 0 fully saturated rings. The molecule has 1 aromatic rings. The van der Waals surface area contributed by atoms with Gasteiger partial charge in [-0.1, -0.05) is 32.6 Å². The highest BCUT2D eigenvalue weighted by Gasteiger charge is 2.03. The molecule has 0 aliphatic carbocycles. The summed E-state index contributed by atoms with van der Waals surface area (Å²) in [7, 11) is 1.60. The largest absolute Gasteiger partial charge is 0.376 e. The van der Waals surface area contributed by atoms with E-state index in [1.54, 1.807) is 31.3 Å². The van der Waals surface area contributed by atoms with Crippen molar-refractivity contribution < 1.29 is 9.59 Å². The number of benzene rings is 1. The second-order valence-corrected chi connectivity index (χ2v) is 5.27. The first kappa shape index (κ1) is 18.0. The summed E-state index contributed by atoms with van der Waals surface area (Å²) in [5.41, 5.74) is 1.43. The van der Waals surface area contributed by atoms with E-state index in [0.29, 0.717) is 5.56 Å². The van der Waals surface area contributed by atoms with Gasteiger partial charge in [-0.2, -0.15) is 0 Å². The molecule has 0 heterocycles. The Bertz CT molecular complexity index is 457. The first-order chi connectivity index (χ1) is 10.7. The van der Waals surface area contributed by atoms with E-state index in [1.165, 1.54) is 25.7 Å². The molecule has 22 heavy (non-hydrogen) atoms. The number of nitrogens with one attached hydrogen (secondary N) is 3. The number of unbranched alkanes of at least 4 members (excludes halogenated alkanes) is 4. The van der Waals surface area contributed by atoms with Crippen molar-refractivity contribution in [1.29, 1.82) is 0 Å². The maximum absolute atomic E-state index is 11.7.